The molecule has 0 aliphatic rings. The zero-order valence-electron chi connectivity index (χ0n) is 11.3. The van der Waals surface area contributed by atoms with E-state index in [0.29, 0.717) is 12.1 Å². The van der Waals surface area contributed by atoms with Crippen molar-refractivity contribution in [2.24, 2.45) is 0 Å². The summed E-state index contributed by atoms with van der Waals surface area (Å²) in [5.74, 6) is -0.397. The molecule has 1 aromatic heterocycles. The van der Waals surface area contributed by atoms with Crippen LogP contribution in [0.25, 0.3) is 10.8 Å². The molecule has 1 aromatic carbocycles. The standard InChI is InChI=1S/C15H18N2O3/c1-2-15(9-18,10-19)17-14(20)13-12-6-4-3-5-11(12)7-8-16-13/h3-8,18-19H,2,9-10H2,1H3,(H,17,20). The molecule has 0 unspecified atom stereocenters. The number of aliphatic hydroxyl groups is 2. The molecule has 0 saturated carbocycles. The number of hydrogen-bond donors (Lipinski definition) is 3. The summed E-state index contributed by atoms with van der Waals surface area (Å²) in [4.78, 5) is 16.5. The third-order valence-corrected chi connectivity index (χ3v) is 3.55. The topological polar surface area (TPSA) is 82.5 Å². The summed E-state index contributed by atoms with van der Waals surface area (Å²) in [7, 11) is 0. The number of carbonyl (C=O) groups excluding carboxylic acids is 1. The van der Waals surface area contributed by atoms with E-state index in [4.69, 9.17) is 0 Å². The largest absolute Gasteiger partial charge is 0.394 e. The number of aliphatic hydroxyl groups excluding tert-OH is 2. The van der Waals surface area contributed by atoms with Gasteiger partial charge < -0.3 is 15.5 Å². The van der Waals surface area contributed by atoms with Crippen LogP contribution in [-0.4, -0.2) is 39.9 Å². The van der Waals surface area contributed by atoms with Crippen LogP contribution in [0.1, 0.15) is 23.8 Å². The molecule has 0 fully saturated rings. The second-order valence-electron chi connectivity index (χ2n) is 4.78. The molecule has 0 saturated heterocycles. The fourth-order valence-electron chi connectivity index (χ4n) is 2.04. The average Bonchev–Trinajstić information content (AvgIpc) is 2.52. The maximum atomic E-state index is 12.4. The summed E-state index contributed by atoms with van der Waals surface area (Å²) in [5.41, 5.74) is -0.724. The minimum absolute atomic E-state index is 0.294. The number of nitrogens with zero attached hydrogens (tertiary/aromatic N) is 1. The summed E-state index contributed by atoms with van der Waals surface area (Å²) < 4.78 is 0. The van der Waals surface area contributed by atoms with Gasteiger partial charge in [-0.3, -0.25) is 9.78 Å². The van der Waals surface area contributed by atoms with Gasteiger partial charge in [0.15, 0.2) is 0 Å². The highest BCUT2D eigenvalue weighted by Gasteiger charge is 2.29. The first-order valence-electron chi connectivity index (χ1n) is 6.54. The average molecular weight is 274 g/mol. The van der Waals surface area contributed by atoms with Crippen molar-refractivity contribution in [3.8, 4) is 0 Å². The number of fused-ring (bicyclic) bond motifs is 1. The monoisotopic (exact) mass is 274 g/mol. The van der Waals surface area contributed by atoms with Crippen molar-refractivity contribution in [1.82, 2.24) is 10.3 Å². The summed E-state index contributed by atoms with van der Waals surface area (Å²) in [6, 6.07) is 9.28. The first-order valence-corrected chi connectivity index (χ1v) is 6.54. The second kappa shape index (κ2) is 5.98. The van der Waals surface area contributed by atoms with E-state index >= 15 is 0 Å². The Labute approximate surface area is 117 Å². The van der Waals surface area contributed by atoms with Crippen molar-refractivity contribution in [3.05, 3.63) is 42.2 Å². The summed E-state index contributed by atoms with van der Waals surface area (Å²) in [5, 5.41) is 23.1. The molecule has 2 rings (SSSR count). The molecule has 0 bridgehead atoms. The van der Waals surface area contributed by atoms with Gasteiger partial charge in [-0.25, -0.2) is 0 Å². The Morgan fingerprint density at radius 3 is 2.60 bits per heavy atom. The van der Waals surface area contributed by atoms with Gasteiger partial charge in [0.1, 0.15) is 5.69 Å². The van der Waals surface area contributed by atoms with E-state index < -0.39 is 11.4 Å². The highest BCUT2D eigenvalue weighted by Crippen LogP contribution is 2.17. The Morgan fingerprint density at radius 2 is 1.95 bits per heavy atom. The number of nitrogens with one attached hydrogen (secondary N) is 1. The lowest BCUT2D eigenvalue weighted by Gasteiger charge is -2.29. The number of pyridine rings is 1. The van der Waals surface area contributed by atoms with Crippen molar-refractivity contribution in [2.75, 3.05) is 13.2 Å². The summed E-state index contributed by atoms with van der Waals surface area (Å²) in [6.07, 6.45) is 2.00. The second-order valence-corrected chi connectivity index (χ2v) is 4.78. The van der Waals surface area contributed by atoms with Crippen LogP contribution in [0.5, 0.6) is 0 Å². The quantitative estimate of drug-likeness (QED) is 0.762. The molecule has 5 nitrogen and oxygen atoms in total. The normalized spacial score (nSPS) is 11.6. The van der Waals surface area contributed by atoms with E-state index in [-0.39, 0.29) is 13.2 Å². The number of benzene rings is 1. The molecule has 5 heteroatoms. The van der Waals surface area contributed by atoms with Crippen LogP contribution in [0.4, 0.5) is 0 Å². The molecule has 0 spiro atoms. The van der Waals surface area contributed by atoms with Gasteiger partial charge in [0.2, 0.25) is 0 Å². The van der Waals surface area contributed by atoms with Gasteiger partial charge in [0, 0.05) is 11.6 Å². The first kappa shape index (κ1) is 14.4. The van der Waals surface area contributed by atoms with E-state index in [1.807, 2.05) is 30.3 Å². The molecule has 1 heterocycles. The van der Waals surface area contributed by atoms with Crippen LogP contribution in [0, 0.1) is 0 Å². The SMILES string of the molecule is CCC(CO)(CO)NC(=O)c1nccc2ccccc12. The Morgan fingerprint density at radius 1 is 1.25 bits per heavy atom. The Balaban J connectivity index is 2.37. The van der Waals surface area contributed by atoms with Crippen LogP contribution in [0.3, 0.4) is 0 Å². The van der Waals surface area contributed by atoms with Crippen LogP contribution < -0.4 is 5.32 Å². The molecule has 106 valence electrons. The lowest BCUT2D eigenvalue weighted by molar-refractivity contribution is 0.0650. The fraction of sp³-hybridized carbons (Fsp3) is 0.333. The molecule has 0 aliphatic heterocycles. The van der Waals surface area contributed by atoms with Gasteiger partial charge in [-0.05, 0) is 17.9 Å². The van der Waals surface area contributed by atoms with Crippen molar-refractivity contribution in [1.29, 1.82) is 0 Å². The molecule has 20 heavy (non-hydrogen) atoms. The Hall–Kier alpha value is -1.98. The van der Waals surface area contributed by atoms with Gasteiger partial charge in [-0.2, -0.15) is 0 Å². The molecule has 3 N–H and O–H groups in total. The molecule has 2 aromatic rings. The lowest BCUT2D eigenvalue weighted by atomic mass is 9.98. The molecule has 0 radical (unpaired) electrons. The van der Waals surface area contributed by atoms with Gasteiger partial charge in [0.25, 0.3) is 5.91 Å². The van der Waals surface area contributed by atoms with Crippen LogP contribution >= 0.6 is 0 Å². The van der Waals surface area contributed by atoms with Gasteiger partial charge in [-0.15, -0.1) is 0 Å². The van der Waals surface area contributed by atoms with Crippen molar-refractivity contribution < 1.29 is 15.0 Å². The zero-order chi connectivity index (χ0) is 14.6. The van der Waals surface area contributed by atoms with Crippen LogP contribution in [0.2, 0.25) is 0 Å². The van der Waals surface area contributed by atoms with Gasteiger partial charge in [-0.1, -0.05) is 31.2 Å². The van der Waals surface area contributed by atoms with Gasteiger partial charge >= 0.3 is 0 Å². The van der Waals surface area contributed by atoms with E-state index in [1.54, 1.807) is 13.1 Å². The van der Waals surface area contributed by atoms with E-state index in [2.05, 4.69) is 10.3 Å². The predicted octanol–water partition coefficient (Wildman–Crippen LogP) is 1.10. The summed E-state index contributed by atoms with van der Waals surface area (Å²) >= 11 is 0. The fourth-order valence-corrected chi connectivity index (χ4v) is 2.04. The lowest BCUT2D eigenvalue weighted by Crippen LogP contribution is -2.54. The van der Waals surface area contributed by atoms with Crippen molar-refractivity contribution in [3.63, 3.8) is 0 Å². The number of rotatable bonds is 5. The molecular formula is C15H18N2O3. The predicted molar refractivity (Wildman–Crippen MR) is 76.4 cm³/mol. The van der Waals surface area contributed by atoms with Crippen molar-refractivity contribution >= 4 is 16.7 Å². The highest BCUT2D eigenvalue weighted by atomic mass is 16.3. The van der Waals surface area contributed by atoms with Gasteiger partial charge in [0.05, 0.1) is 18.8 Å². The van der Waals surface area contributed by atoms with Crippen LogP contribution in [0.15, 0.2) is 36.5 Å². The maximum Gasteiger partial charge on any atom is 0.271 e. The minimum atomic E-state index is -1.02. The van der Waals surface area contributed by atoms with E-state index in [0.717, 1.165) is 10.8 Å². The third-order valence-electron chi connectivity index (χ3n) is 3.55. The van der Waals surface area contributed by atoms with E-state index in [1.165, 1.54) is 0 Å². The Kier molecular flexibility index (Phi) is 4.32. The highest BCUT2D eigenvalue weighted by molar-refractivity contribution is 6.05. The van der Waals surface area contributed by atoms with E-state index in [9.17, 15) is 15.0 Å². The molecular weight excluding hydrogens is 256 g/mol. The zero-order valence-corrected chi connectivity index (χ0v) is 11.3. The smallest absolute Gasteiger partial charge is 0.271 e. The maximum absolute atomic E-state index is 12.4. The van der Waals surface area contributed by atoms with Crippen molar-refractivity contribution in [2.45, 2.75) is 18.9 Å². The Bertz CT molecular complexity index is 595. The van der Waals surface area contributed by atoms with Crippen LogP contribution in [-0.2, 0) is 0 Å². The number of hydrogen-bond acceptors (Lipinski definition) is 4. The minimum Gasteiger partial charge on any atom is -0.394 e. The number of aromatic nitrogens is 1. The number of carbonyl (C=O) groups is 1. The molecule has 0 atom stereocenters. The summed E-state index contributed by atoms with van der Waals surface area (Å²) in [6.45, 7) is 1.15. The number of amides is 1. The molecule has 1 amide bonds. The third kappa shape index (κ3) is 2.64. The molecule has 0 aliphatic carbocycles. The first-order chi connectivity index (χ1) is 9.65.